The maximum absolute atomic E-state index is 11.8. The molecule has 0 aliphatic carbocycles. The number of nitrogens with one attached hydrogen (secondary N) is 2. The lowest BCUT2D eigenvalue weighted by molar-refractivity contribution is -0.121. The molecule has 4 nitrogen and oxygen atoms in total. The van der Waals surface area contributed by atoms with Gasteiger partial charge in [0, 0.05) is 11.6 Å². The third-order valence-corrected chi connectivity index (χ3v) is 3.21. The maximum atomic E-state index is 11.8. The van der Waals surface area contributed by atoms with E-state index < -0.39 is 5.54 Å². The fourth-order valence-corrected chi connectivity index (χ4v) is 2.13. The molecule has 1 aromatic heterocycles. The SMILES string of the molecule is CC1(C(=O)Nc2nccs2)CCCN1. The average molecular weight is 211 g/mol. The number of anilines is 1. The molecule has 2 N–H and O–H groups in total. The second-order valence-corrected chi connectivity index (χ2v) is 4.55. The lowest BCUT2D eigenvalue weighted by Crippen LogP contribution is -2.47. The predicted octanol–water partition coefficient (Wildman–Crippen LogP) is 1.22. The van der Waals surface area contributed by atoms with Crippen molar-refractivity contribution in [2.75, 3.05) is 11.9 Å². The Hall–Kier alpha value is -0.940. The highest BCUT2D eigenvalue weighted by Crippen LogP contribution is 2.21. The van der Waals surface area contributed by atoms with Crippen LogP contribution in [0.3, 0.4) is 0 Å². The molecule has 14 heavy (non-hydrogen) atoms. The molecule has 0 saturated carbocycles. The number of nitrogens with zero attached hydrogens (tertiary/aromatic N) is 1. The molecule has 0 bridgehead atoms. The van der Waals surface area contributed by atoms with Gasteiger partial charge in [0.1, 0.15) is 0 Å². The normalized spacial score (nSPS) is 26.4. The van der Waals surface area contributed by atoms with E-state index in [4.69, 9.17) is 0 Å². The lowest BCUT2D eigenvalue weighted by atomic mass is 10.00. The third kappa shape index (κ3) is 1.78. The highest BCUT2D eigenvalue weighted by atomic mass is 32.1. The summed E-state index contributed by atoms with van der Waals surface area (Å²) in [6, 6.07) is 0. The van der Waals surface area contributed by atoms with Crippen LogP contribution in [0.4, 0.5) is 5.13 Å². The molecular weight excluding hydrogens is 198 g/mol. The van der Waals surface area contributed by atoms with Crippen LogP contribution in [0.15, 0.2) is 11.6 Å². The first-order chi connectivity index (χ1) is 6.71. The maximum Gasteiger partial charge on any atom is 0.246 e. The molecule has 76 valence electrons. The van der Waals surface area contributed by atoms with Gasteiger partial charge >= 0.3 is 0 Å². The molecule has 5 heteroatoms. The topological polar surface area (TPSA) is 54.0 Å². The van der Waals surface area contributed by atoms with Crippen molar-refractivity contribution in [2.45, 2.75) is 25.3 Å². The number of amides is 1. The molecule has 2 rings (SSSR count). The highest BCUT2D eigenvalue weighted by Gasteiger charge is 2.36. The zero-order valence-electron chi connectivity index (χ0n) is 8.04. The number of aromatic nitrogens is 1. The molecule has 0 aromatic carbocycles. The number of rotatable bonds is 2. The van der Waals surface area contributed by atoms with Gasteiger partial charge < -0.3 is 10.6 Å². The Bertz CT molecular complexity index is 317. The quantitative estimate of drug-likeness (QED) is 0.773. The van der Waals surface area contributed by atoms with Gasteiger partial charge in [-0.05, 0) is 26.3 Å². The summed E-state index contributed by atoms with van der Waals surface area (Å²) in [4.78, 5) is 15.8. The molecule has 1 aromatic rings. The Morgan fingerprint density at radius 1 is 1.79 bits per heavy atom. The van der Waals surface area contributed by atoms with Crippen LogP contribution in [0.1, 0.15) is 19.8 Å². The number of thiazole rings is 1. The van der Waals surface area contributed by atoms with Gasteiger partial charge in [0.05, 0.1) is 5.54 Å². The predicted molar refractivity (Wildman–Crippen MR) is 56.4 cm³/mol. The van der Waals surface area contributed by atoms with E-state index in [0.717, 1.165) is 19.4 Å². The Morgan fingerprint density at radius 3 is 3.21 bits per heavy atom. The largest absolute Gasteiger partial charge is 0.304 e. The summed E-state index contributed by atoms with van der Waals surface area (Å²) in [5.41, 5.74) is -0.411. The Kier molecular flexibility index (Phi) is 2.52. The van der Waals surface area contributed by atoms with E-state index in [1.165, 1.54) is 11.3 Å². The molecule has 1 fully saturated rings. The van der Waals surface area contributed by atoms with Gasteiger partial charge in [-0.15, -0.1) is 11.3 Å². The van der Waals surface area contributed by atoms with Crippen molar-refractivity contribution < 1.29 is 4.79 Å². The van der Waals surface area contributed by atoms with E-state index in [0.29, 0.717) is 5.13 Å². The van der Waals surface area contributed by atoms with Crippen LogP contribution in [-0.2, 0) is 4.79 Å². The van der Waals surface area contributed by atoms with Gasteiger partial charge in [0.15, 0.2) is 5.13 Å². The van der Waals surface area contributed by atoms with Crippen molar-refractivity contribution in [3.8, 4) is 0 Å². The molecule has 0 spiro atoms. The smallest absolute Gasteiger partial charge is 0.246 e. The molecule has 1 aliphatic heterocycles. The molecule has 1 atom stereocenters. The first-order valence-electron chi connectivity index (χ1n) is 4.67. The fraction of sp³-hybridized carbons (Fsp3) is 0.556. The second-order valence-electron chi connectivity index (χ2n) is 3.65. The summed E-state index contributed by atoms with van der Waals surface area (Å²) in [7, 11) is 0. The molecule has 2 heterocycles. The summed E-state index contributed by atoms with van der Waals surface area (Å²) in [5, 5.41) is 8.54. The zero-order chi connectivity index (χ0) is 10.0. The summed E-state index contributed by atoms with van der Waals surface area (Å²) < 4.78 is 0. The third-order valence-electron chi connectivity index (χ3n) is 2.52. The first kappa shape index (κ1) is 9.61. The molecular formula is C9H13N3OS. The van der Waals surface area contributed by atoms with Gasteiger partial charge in [-0.2, -0.15) is 0 Å². The van der Waals surface area contributed by atoms with Crippen LogP contribution in [0.5, 0.6) is 0 Å². The molecule has 1 saturated heterocycles. The molecule has 1 aliphatic rings. The number of hydrogen-bond donors (Lipinski definition) is 2. The fourth-order valence-electron chi connectivity index (χ4n) is 1.61. The van der Waals surface area contributed by atoms with E-state index in [1.807, 2.05) is 12.3 Å². The standard InChI is InChI=1S/C9H13N3OS/c1-9(3-2-4-11-9)7(13)12-8-10-5-6-14-8/h5-6,11H,2-4H2,1H3,(H,10,12,13). The summed E-state index contributed by atoms with van der Waals surface area (Å²) in [6.45, 7) is 2.85. The van der Waals surface area contributed by atoms with Crippen molar-refractivity contribution in [1.82, 2.24) is 10.3 Å². The Labute approximate surface area is 86.7 Å². The van der Waals surface area contributed by atoms with Gasteiger partial charge in [-0.25, -0.2) is 4.98 Å². The van der Waals surface area contributed by atoms with E-state index in [2.05, 4.69) is 15.6 Å². The lowest BCUT2D eigenvalue weighted by Gasteiger charge is -2.21. The number of carbonyl (C=O) groups is 1. The van der Waals surface area contributed by atoms with Crippen LogP contribution >= 0.6 is 11.3 Å². The summed E-state index contributed by atoms with van der Waals surface area (Å²) >= 11 is 1.44. The van der Waals surface area contributed by atoms with Crippen LogP contribution in [-0.4, -0.2) is 23.0 Å². The Morgan fingerprint density at radius 2 is 2.64 bits per heavy atom. The zero-order valence-corrected chi connectivity index (χ0v) is 8.86. The molecule has 1 unspecified atom stereocenters. The molecule has 1 amide bonds. The number of carbonyl (C=O) groups excluding carboxylic acids is 1. The van der Waals surface area contributed by atoms with Crippen molar-refractivity contribution in [3.05, 3.63) is 11.6 Å². The van der Waals surface area contributed by atoms with Crippen LogP contribution in [0.25, 0.3) is 0 Å². The van der Waals surface area contributed by atoms with E-state index in [9.17, 15) is 4.79 Å². The van der Waals surface area contributed by atoms with Gasteiger partial charge in [-0.1, -0.05) is 0 Å². The minimum Gasteiger partial charge on any atom is -0.304 e. The van der Waals surface area contributed by atoms with Crippen molar-refractivity contribution >= 4 is 22.4 Å². The van der Waals surface area contributed by atoms with Crippen LogP contribution < -0.4 is 10.6 Å². The number of hydrogen-bond acceptors (Lipinski definition) is 4. The van der Waals surface area contributed by atoms with Crippen molar-refractivity contribution in [3.63, 3.8) is 0 Å². The van der Waals surface area contributed by atoms with Gasteiger partial charge in [0.25, 0.3) is 0 Å². The van der Waals surface area contributed by atoms with E-state index in [1.54, 1.807) is 6.20 Å². The summed E-state index contributed by atoms with van der Waals surface area (Å²) in [5.74, 6) is 0.0185. The van der Waals surface area contributed by atoms with Gasteiger partial charge in [0.2, 0.25) is 5.91 Å². The minimum absolute atomic E-state index is 0.0185. The first-order valence-corrected chi connectivity index (χ1v) is 5.55. The van der Waals surface area contributed by atoms with Crippen LogP contribution in [0, 0.1) is 0 Å². The van der Waals surface area contributed by atoms with Crippen molar-refractivity contribution in [2.24, 2.45) is 0 Å². The second kappa shape index (κ2) is 3.67. The average Bonchev–Trinajstić information content (AvgIpc) is 2.76. The van der Waals surface area contributed by atoms with Crippen LogP contribution in [0.2, 0.25) is 0 Å². The Balaban J connectivity index is 2.02. The minimum atomic E-state index is -0.411. The monoisotopic (exact) mass is 211 g/mol. The van der Waals surface area contributed by atoms with Gasteiger partial charge in [-0.3, -0.25) is 4.79 Å². The van der Waals surface area contributed by atoms with Crippen molar-refractivity contribution in [1.29, 1.82) is 0 Å². The van der Waals surface area contributed by atoms with E-state index in [-0.39, 0.29) is 5.91 Å². The highest BCUT2D eigenvalue weighted by molar-refractivity contribution is 7.13. The molecule has 0 radical (unpaired) electrons. The van der Waals surface area contributed by atoms with E-state index >= 15 is 0 Å². The summed E-state index contributed by atoms with van der Waals surface area (Å²) in [6.07, 6.45) is 3.64.